The van der Waals surface area contributed by atoms with Gasteiger partial charge in [-0.1, -0.05) is 0 Å². The summed E-state index contributed by atoms with van der Waals surface area (Å²) in [6, 6.07) is 2.00. The molecule has 1 amide bonds. The Balaban J connectivity index is 1.95. The van der Waals surface area contributed by atoms with Crippen LogP contribution in [0.5, 0.6) is 0 Å². The maximum Gasteiger partial charge on any atom is 0.328 e. The lowest BCUT2D eigenvalue weighted by Crippen LogP contribution is -2.39. The lowest BCUT2D eigenvalue weighted by atomic mass is 9.89. The van der Waals surface area contributed by atoms with Gasteiger partial charge < -0.3 is 10.4 Å². The van der Waals surface area contributed by atoms with Crippen LogP contribution in [0.25, 0.3) is 6.08 Å². The van der Waals surface area contributed by atoms with E-state index in [0.29, 0.717) is 0 Å². The van der Waals surface area contributed by atoms with Crippen molar-refractivity contribution in [3.8, 4) is 0 Å². The summed E-state index contributed by atoms with van der Waals surface area (Å²) in [6.07, 6.45) is 3.61. The Kier molecular flexibility index (Phi) is 4.80. The molecule has 5 nitrogen and oxygen atoms in total. The number of amides is 1. The molecule has 21 heavy (non-hydrogen) atoms. The normalized spacial score (nSPS) is 22.8. The molecule has 0 saturated carbocycles. The smallest absolute Gasteiger partial charge is 0.328 e. The predicted molar refractivity (Wildman–Crippen MR) is 83.1 cm³/mol. The summed E-state index contributed by atoms with van der Waals surface area (Å²) in [6.45, 7) is 4.46. The topological polar surface area (TPSA) is 69.6 Å². The molecule has 0 aliphatic carbocycles. The number of carbonyl (C=O) groups is 2. The van der Waals surface area contributed by atoms with Crippen molar-refractivity contribution < 1.29 is 14.7 Å². The highest BCUT2D eigenvalue weighted by atomic mass is 32.1. The SMILES string of the molecule is CNC(=O)C1(C)CCN(Cc2cc(/C=C/C(=O)O)cs2)C1. The zero-order valence-electron chi connectivity index (χ0n) is 12.3. The maximum atomic E-state index is 11.9. The quantitative estimate of drug-likeness (QED) is 0.814. The van der Waals surface area contributed by atoms with Gasteiger partial charge in [-0.25, -0.2) is 4.79 Å². The van der Waals surface area contributed by atoms with Gasteiger partial charge in [-0.15, -0.1) is 11.3 Å². The Morgan fingerprint density at radius 1 is 1.57 bits per heavy atom. The molecule has 1 aliphatic rings. The van der Waals surface area contributed by atoms with E-state index >= 15 is 0 Å². The van der Waals surface area contributed by atoms with Crippen molar-refractivity contribution in [3.63, 3.8) is 0 Å². The Morgan fingerprint density at radius 2 is 2.33 bits per heavy atom. The molecule has 2 rings (SSSR count). The number of nitrogens with zero attached hydrogens (tertiary/aromatic N) is 1. The van der Waals surface area contributed by atoms with Crippen LogP contribution in [0.2, 0.25) is 0 Å². The molecule has 0 spiro atoms. The standard InChI is InChI=1S/C15H20N2O3S/c1-15(14(20)16-2)5-6-17(10-15)8-12-7-11(9-21-12)3-4-13(18)19/h3-4,7,9H,5-6,8,10H2,1-2H3,(H,16,20)(H,18,19)/b4-3+. The minimum atomic E-state index is -0.941. The first-order valence-corrected chi connectivity index (χ1v) is 7.74. The van der Waals surface area contributed by atoms with E-state index in [1.54, 1.807) is 24.5 Å². The molecular formula is C15H20N2O3S. The first-order valence-electron chi connectivity index (χ1n) is 6.86. The second kappa shape index (κ2) is 6.41. The molecule has 1 fully saturated rings. The number of rotatable bonds is 5. The zero-order chi connectivity index (χ0) is 15.5. The molecule has 0 bridgehead atoms. The van der Waals surface area contributed by atoms with E-state index in [1.807, 2.05) is 18.4 Å². The van der Waals surface area contributed by atoms with Crippen molar-refractivity contribution in [2.24, 2.45) is 5.41 Å². The molecule has 2 N–H and O–H groups in total. The molecule has 114 valence electrons. The van der Waals surface area contributed by atoms with Crippen molar-refractivity contribution >= 4 is 29.3 Å². The molecule has 6 heteroatoms. The Labute approximate surface area is 128 Å². The second-order valence-electron chi connectivity index (χ2n) is 5.62. The monoisotopic (exact) mass is 308 g/mol. The van der Waals surface area contributed by atoms with E-state index in [0.717, 1.165) is 37.7 Å². The Hall–Kier alpha value is -1.66. The fraction of sp³-hybridized carbons (Fsp3) is 0.467. The third kappa shape index (κ3) is 3.92. The number of hydrogen-bond acceptors (Lipinski definition) is 4. The van der Waals surface area contributed by atoms with Gasteiger partial charge in [0.2, 0.25) is 5.91 Å². The second-order valence-corrected chi connectivity index (χ2v) is 6.61. The van der Waals surface area contributed by atoms with Crippen LogP contribution in [0.3, 0.4) is 0 Å². The third-order valence-corrected chi connectivity index (χ3v) is 4.74. The number of carboxylic acid groups (broad SMARTS) is 1. The highest BCUT2D eigenvalue weighted by molar-refractivity contribution is 7.10. The maximum absolute atomic E-state index is 11.9. The summed E-state index contributed by atoms with van der Waals surface area (Å²) >= 11 is 1.62. The first kappa shape index (κ1) is 15.7. The number of carbonyl (C=O) groups excluding carboxylic acids is 1. The van der Waals surface area contributed by atoms with E-state index in [-0.39, 0.29) is 11.3 Å². The largest absolute Gasteiger partial charge is 0.478 e. The zero-order valence-corrected chi connectivity index (χ0v) is 13.1. The van der Waals surface area contributed by atoms with Gasteiger partial charge in [0.05, 0.1) is 5.41 Å². The highest BCUT2D eigenvalue weighted by Crippen LogP contribution is 2.31. The fourth-order valence-electron chi connectivity index (χ4n) is 2.63. The van der Waals surface area contributed by atoms with Crippen LogP contribution in [0.4, 0.5) is 0 Å². The van der Waals surface area contributed by atoms with E-state index in [4.69, 9.17) is 5.11 Å². The average molecular weight is 308 g/mol. The average Bonchev–Trinajstić information content (AvgIpc) is 3.04. The van der Waals surface area contributed by atoms with Gasteiger partial charge in [-0.05, 0) is 43.0 Å². The van der Waals surface area contributed by atoms with Crippen LogP contribution in [-0.4, -0.2) is 42.0 Å². The summed E-state index contributed by atoms with van der Waals surface area (Å²) in [5, 5.41) is 13.3. The van der Waals surface area contributed by atoms with Gasteiger partial charge >= 0.3 is 5.97 Å². The summed E-state index contributed by atoms with van der Waals surface area (Å²) in [5.41, 5.74) is 0.601. The summed E-state index contributed by atoms with van der Waals surface area (Å²) in [5.74, 6) is -0.843. The molecule has 1 atom stereocenters. The Bertz CT molecular complexity index is 567. The van der Waals surface area contributed by atoms with Crippen molar-refractivity contribution in [1.82, 2.24) is 10.2 Å². The fourth-order valence-corrected chi connectivity index (χ4v) is 3.53. The van der Waals surface area contributed by atoms with Gasteiger partial charge in [0.25, 0.3) is 0 Å². The lowest BCUT2D eigenvalue weighted by Gasteiger charge is -2.22. The van der Waals surface area contributed by atoms with Gasteiger partial charge in [0, 0.05) is 31.1 Å². The van der Waals surface area contributed by atoms with E-state index in [1.165, 1.54) is 4.88 Å². The molecule has 1 unspecified atom stereocenters. The lowest BCUT2D eigenvalue weighted by molar-refractivity contribution is -0.131. The number of aliphatic carboxylic acids is 1. The van der Waals surface area contributed by atoms with Gasteiger partial charge in [0.1, 0.15) is 0 Å². The van der Waals surface area contributed by atoms with Gasteiger partial charge in [0.15, 0.2) is 0 Å². The van der Waals surface area contributed by atoms with E-state index < -0.39 is 5.97 Å². The molecular weight excluding hydrogens is 288 g/mol. The molecule has 1 aromatic heterocycles. The molecule has 1 saturated heterocycles. The summed E-state index contributed by atoms with van der Waals surface area (Å²) < 4.78 is 0. The predicted octanol–water partition coefficient (Wildman–Crippen LogP) is 1.80. The van der Waals surface area contributed by atoms with Crippen molar-refractivity contribution in [1.29, 1.82) is 0 Å². The number of thiophene rings is 1. The summed E-state index contributed by atoms with van der Waals surface area (Å²) in [4.78, 5) is 25.8. The number of likely N-dealkylation sites (tertiary alicyclic amines) is 1. The van der Waals surface area contributed by atoms with Crippen LogP contribution in [0.15, 0.2) is 17.5 Å². The third-order valence-electron chi connectivity index (χ3n) is 3.80. The molecule has 1 aromatic rings. The summed E-state index contributed by atoms with van der Waals surface area (Å²) in [7, 11) is 1.68. The van der Waals surface area contributed by atoms with Gasteiger partial charge in [-0.3, -0.25) is 9.69 Å². The van der Waals surface area contributed by atoms with Crippen molar-refractivity contribution in [3.05, 3.63) is 28.0 Å². The first-order chi connectivity index (χ1) is 9.93. The minimum absolute atomic E-state index is 0.0984. The van der Waals surface area contributed by atoms with Crippen molar-refractivity contribution in [2.75, 3.05) is 20.1 Å². The van der Waals surface area contributed by atoms with Crippen LogP contribution in [0, 0.1) is 5.41 Å². The van der Waals surface area contributed by atoms with Crippen LogP contribution >= 0.6 is 11.3 Å². The van der Waals surface area contributed by atoms with Gasteiger partial charge in [-0.2, -0.15) is 0 Å². The molecule has 0 radical (unpaired) electrons. The van der Waals surface area contributed by atoms with Crippen molar-refractivity contribution in [2.45, 2.75) is 19.9 Å². The van der Waals surface area contributed by atoms with Crippen LogP contribution < -0.4 is 5.32 Å². The number of hydrogen-bond donors (Lipinski definition) is 2. The van der Waals surface area contributed by atoms with Crippen LogP contribution in [-0.2, 0) is 16.1 Å². The highest BCUT2D eigenvalue weighted by Gasteiger charge is 2.39. The number of carboxylic acids is 1. The van der Waals surface area contributed by atoms with E-state index in [9.17, 15) is 9.59 Å². The minimum Gasteiger partial charge on any atom is -0.478 e. The molecule has 0 aromatic carbocycles. The Morgan fingerprint density at radius 3 is 3.00 bits per heavy atom. The van der Waals surface area contributed by atoms with Crippen LogP contribution in [0.1, 0.15) is 23.8 Å². The van der Waals surface area contributed by atoms with E-state index in [2.05, 4.69) is 10.2 Å². The number of nitrogens with one attached hydrogen (secondary N) is 1. The molecule has 1 aliphatic heterocycles. The molecule has 2 heterocycles.